The molecule has 22 heavy (non-hydrogen) atoms. The third kappa shape index (κ3) is 6.41. The molecule has 0 spiro atoms. The number of hydrogen-bond donors (Lipinski definition) is 1. The van der Waals surface area contributed by atoms with Crippen molar-refractivity contribution in [2.45, 2.75) is 43.6 Å². The third-order valence-electron chi connectivity index (χ3n) is 4.11. The van der Waals surface area contributed by atoms with Crippen LogP contribution in [-0.4, -0.2) is 42.2 Å². The predicted octanol–water partition coefficient (Wildman–Crippen LogP) is 3.30. The highest BCUT2D eigenvalue weighted by Gasteiger charge is 2.13. The van der Waals surface area contributed by atoms with Crippen LogP contribution < -0.4 is 5.32 Å². The second-order valence-electron chi connectivity index (χ2n) is 5.99. The summed E-state index contributed by atoms with van der Waals surface area (Å²) in [5.41, 5.74) is 1.28. The Morgan fingerprint density at radius 2 is 1.95 bits per heavy atom. The lowest BCUT2D eigenvalue weighted by molar-refractivity contribution is -0.120. The van der Waals surface area contributed by atoms with E-state index in [2.05, 4.69) is 22.3 Å². The van der Waals surface area contributed by atoms with Crippen molar-refractivity contribution in [1.82, 2.24) is 10.2 Å². The summed E-state index contributed by atoms with van der Waals surface area (Å²) in [6.07, 6.45) is 5.10. The van der Waals surface area contributed by atoms with Crippen LogP contribution in [0.4, 0.5) is 0 Å². The third-order valence-corrected chi connectivity index (χ3v) is 5.33. The number of benzene rings is 1. The number of thioether (sulfide) groups is 1. The van der Waals surface area contributed by atoms with Gasteiger partial charge in [0.2, 0.25) is 5.91 Å². The number of piperidine rings is 1. The maximum atomic E-state index is 12.1. The molecule has 0 unspecified atom stereocenters. The SMILES string of the molecule is C[C@@H](SCc1ccccc1)C(=O)NCCCN1CCCCC1. The smallest absolute Gasteiger partial charge is 0.232 e. The molecule has 4 heteroatoms. The first-order valence-electron chi connectivity index (χ1n) is 8.41. The largest absolute Gasteiger partial charge is 0.355 e. The Hall–Kier alpha value is -1.00. The van der Waals surface area contributed by atoms with Gasteiger partial charge in [-0.1, -0.05) is 36.8 Å². The Morgan fingerprint density at radius 1 is 1.23 bits per heavy atom. The lowest BCUT2D eigenvalue weighted by Crippen LogP contribution is -2.35. The van der Waals surface area contributed by atoms with Crippen molar-refractivity contribution in [1.29, 1.82) is 0 Å². The van der Waals surface area contributed by atoms with Crippen molar-refractivity contribution in [2.75, 3.05) is 26.2 Å². The normalized spacial score (nSPS) is 17.1. The maximum Gasteiger partial charge on any atom is 0.232 e. The Labute approximate surface area is 138 Å². The number of likely N-dealkylation sites (tertiary alicyclic amines) is 1. The van der Waals surface area contributed by atoms with Gasteiger partial charge in [0, 0.05) is 12.3 Å². The van der Waals surface area contributed by atoms with E-state index in [-0.39, 0.29) is 11.2 Å². The summed E-state index contributed by atoms with van der Waals surface area (Å²) in [5.74, 6) is 1.06. The van der Waals surface area contributed by atoms with Crippen LogP contribution in [0.15, 0.2) is 30.3 Å². The zero-order valence-electron chi connectivity index (χ0n) is 13.6. The van der Waals surface area contributed by atoms with Gasteiger partial charge in [0.25, 0.3) is 0 Å². The van der Waals surface area contributed by atoms with Gasteiger partial charge in [-0.3, -0.25) is 4.79 Å². The van der Waals surface area contributed by atoms with E-state index in [1.807, 2.05) is 25.1 Å². The van der Waals surface area contributed by atoms with E-state index in [4.69, 9.17) is 0 Å². The molecule has 1 aliphatic rings. The summed E-state index contributed by atoms with van der Waals surface area (Å²) >= 11 is 1.70. The fourth-order valence-corrected chi connectivity index (χ4v) is 3.58. The molecule has 1 aromatic rings. The molecule has 0 bridgehead atoms. The number of carbonyl (C=O) groups excluding carboxylic acids is 1. The minimum atomic E-state index is 0.00944. The van der Waals surface area contributed by atoms with Crippen LogP contribution in [0.5, 0.6) is 0 Å². The van der Waals surface area contributed by atoms with Crippen molar-refractivity contribution in [3.8, 4) is 0 Å². The maximum absolute atomic E-state index is 12.1. The van der Waals surface area contributed by atoms with Gasteiger partial charge >= 0.3 is 0 Å². The summed E-state index contributed by atoms with van der Waals surface area (Å²) in [6.45, 7) is 6.37. The molecule has 0 aliphatic carbocycles. The van der Waals surface area contributed by atoms with Crippen molar-refractivity contribution in [2.24, 2.45) is 0 Å². The molecule has 1 aromatic carbocycles. The van der Waals surface area contributed by atoms with Crippen LogP contribution in [0.25, 0.3) is 0 Å². The first-order valence-corrected chi connectivity index (χ1v) is 9.46. The molecule has 1 saturated heterocycles. The van der Waals surface area contributed by atoms with Crippen molar-refractivity contribution in [3.63, 3.8) is 0 Å². The number of carbonyl (C=O) groups is 1. The molecular weight excluding hydrogens is 292 g/mol. The minimum Gasteiger partial charge on any atom is -0.355 e. The first-order chi connectivity index (χ1) is 10.8. The molecule has 1 aliphatic heterocycles. The second kappa shape index (κ2) is 9.90. The Balaban J connectivity index is 1.56. The summed E-state index contributed by atoms with van der Waals surface area (Å²) in [6, 6.07) is 10.3. The van der Waals surface area contributed by atoms with E-state index in [0.29, 0.717) is 0 Å². The van der Waals surface area contributed by atoms with Gasteiger partial charge in [0.15, 0.2) is 0 Å². The fraction of sp³-hybridized carbons (Fsp3) is 0.611. The Morgan fingerprint density at radius 3 is 2.68 bits per heavy atom. The predicted molar refractivity (Wildman–Crippen MR) is 95.1 cm³/mol. The molecule has 0 aromatic heterocycles. The van der Waals surface area contributed by atoms with Crippen LogP contribution in [0.1, 0.15) is 38.2 Å². The van der Waals surface area contributed by atoms with Crippen LogP contribution in [0.3, 0.4) is 0 Å². The quantitative estimate of drug-likeness (QED) is 0.746. The molecule has 1 N–H and O–H groups in total. The van der Waals surface area contributed by atoms with Gasteiger partial charge in [0.05, 0.1) is 5.25 Å². The van der Waals surface area contributed by atoms with Gasteiger partial charge in [-0.2, -0.15) is 0 Å². The van der Waals surface area contributed by atoms with Gasteiger partial charge in [0.1, 0.15) is 0 Å². The van der Waals surface area contributed by atoms with Crippen LogP contribution in [-0.2, 0) is 10.5 Å². The lowest BCUT2D eigenvalue weighted by Gasteiger charge is -2.26. The molecule has 0 saturated carbocycles. The number of nitrogens with one attached hydrogen (secondary N) is 1. The fourth-order valence-electron chi connectivity index (χ4n) is 2.71. The van der Waals surface area contributed by atoms with Gasteiger partial charge in [-0.15, -0.1) is 11.8 Å². The first kappa shape index (κ1) is 17.4. The Kier molecular flexibility index (Phi) is 7.81. The highest BCUT2D eigenvalue weighted by molar-refractivity contribution is 7.99. The second-order valence-corrected chi connectivity index (χ2v) is 7.31. The zero-order valence-corrected chi connectivity index (χ0v) is 14.4. The highest BCUT2D eigenvalue weighted by atomic mass is 32.2. The van der Waals surface area contributed by atoms with Crippen molar-refractivity contribution >= 4 is 17.7 Å². The van der Waals surface area contributed by atoms with E-state index in [9.17, 15) is 4.79 Å². The van der Waals surface area contributed by atoms with Crippen LogP contribution in [0.2, 0.25) is 0 Å². The monoisotopic (exact) mass is 320 g/mol. The van der Waals surface area contributed by atoms with Crippen LogP contribution >= 0.6 is 11.8 Å². The molecule has 0 radical (unpaired) electrons. The topological polar surface area (TPSA) is 32.3 Å². The van der Waals surface area contributed by atoms with E-state index < -0.39 is 0 Å². The summed E-state index contributed by atoms with van der Waals surface area (Å²) in [5, 5.41) is 3.08. The van der Waals surface area contributed by atoms with E-state index in [0.717, 1.165) is 25.3 Å². The average molecular weight is 321 g/mol. The van der Waals surface area contributed by atoms with E-state index >= 15 is 0 Å². The van der Waals surface area contributed by atoms with Crippen molar-refractivity contribution < 1.29 is 4.79 Å². The zero-order chi connectivity index (χ0) is 15.6. The minimum absolute atomic E-state index is 0.00944. The van der Waals surface area contributed by atoms with Gasteiger partial charge in [-0.25, -0.2) is 0 Å². The van der Waals surface area contributed by atoms with E-state index in [1.54, 1.807) is 11.8 Å². The van der Waals surface area contributed by atoms with Gasteiger partial charge in [-0.05, 0) is 51.4 Å². The number of nitrogens with zero attached hydrogens (tertiary/aromatic N) is 1. The molecule has 1 heterocycles. The lowest BCUT2D eigenvalue weighted by atomic mass is 10.1. The molecule has 1 amide bonds. The average Bonchev–Trinajstić information content (AvgIpc) is 2.58. The van der Waals surface area contributed by atoms with Crippen LogP contribution in [0, 0.1) is 0 Å². The number of hydrogen-bond acceptors (Lipinski definition) is 3. The van der Waals surface area contributed by atoms with E-state index in [1.165, 1.54) is 37.9 Å². The molecule has 122 valence electrons. The summed E-state index contributed by atoms with van der Waals surface area (Å²) in [4.78, 5) is 14.6. The number of amides is 1. The number of rotatable bonds is 8. The summed E-state index contributed by atoms with van der Waals surface area (Å²) < 4.78 is 0. The molecule has 2 rings (SSSR count). The molecule has 1 fully saturated rings. The Bertz CT molecular complexity index is 432. The van der Waals surface area contributed by atoms with Crippen molar-refractivity contribution in [3.05, 3.63) is 35.9 Å². The van der Waals surface area contributed by atoms with Gasteiger partial charge < -0.3 is 10.2 Å². The standard InChI is InChI=1S/C18H28N2OS/c1-16(22-15-17-9-4-2-5-10-17)18(21)19-11-8-14-20-12-6-3-7-13-20/h2,4-5,9-10,16H,3,6-8,11-15H2,1H3,(H,19,21)/t16-/m1/s1. The highest BCUT2D eigenvalue weighted by Crippen LogP contribution is 2.17. The molecule has 1 atom stereocenters. The molecule has 3 nitrogen and oxygen atoms in total. The summed E-state index contributed by atoms with van der Waals surface area (Å²) in [7, 11) is 0. The molecular formula is C18H28N2OS.